The molecule has 3 aromatic rings. The predicted octanol–water partition coefficient (Wildman–Crippen LogP) is 5.94. The van der Waals surface area contributed by atoms with Gasteiger partial charge in [0.05, 0.1) is 46.6 Å². The number of ether oxygens (including phenoxy) is 1. The Labute approximate surface area is 348 Å². The van der Waals surface area contributed by atoms with E-state index in [9.17, 15) is 24.0 Å². The van der Waals surface area contributed by atoms with E-state index in [0.717, 1.165) is 108 Å². The number of aromatic nitrogens is 2. The third-order valence-corrected chi connectivity index (χ3v) is 14.0. The van der Waals surface area contributed by atoms with E-state index in [2.05, 4.69) is 30.4 Å². The van der Waals surface area contributed by atoms with Crippen molar-refractivity contribution >= 4 is 52.5 Å². The highest BCUT2D eigenvalue weighted by Gasteiger charge is 2.47. The van der Waals surface area contributed by atoms with Crippen LogP contribution in [0.2, 0.25) is 5.02 Å². The number of likely N-dealkylation sites (tertiary alicyclic amines) is 1. The van der Waals surface area contributed by atoms with Gasteiger partial charge in [-0.15, -0.1) is 0 Å². The molecular formula is C44H49ClN8O6. The maximum Gasteiger partial charge on any atom is 0.262 e. The summed E-state index contributed by atoms with van der Waals surface area (Å²) in [5, 5.41) is 10.5. The van der Waals surface area contributed by atoms with Crippen molar-refractivity contribution in [2.24, 2.45) is 11.3 Å². The SMILES string of the molecule is [C-]#[N+]c1ccc(OC2CCC(NC(=O)c3cnn(C4CCC(CN5CCC6(CC5)CN(c5ccc7c(c5)C(=O)N(C5CCC(=O)NC5=O)C7=O)C6)CC4)c3)CC2)cc1Cl. The van der Waals surface area contributed by atoms with E-state index in [0.29, 0.717) is 45.1 Å². The summed E-state index contributed by atoms with van der Waals surface area (Å²) >= 11 is 6.17. The molecule has 3 saturated heterocycles. The molecule has 0 bridgehead atoms. The van der Waals surface area contributed by atoms with Crippen LogP contribution in [0, 0.1) is 17.9 Å². The average Bonchev–Trinajstić information content (AvgIpc) is 3.81. The van der Waals surface area contributed by atoms with Crippen LogP contribution >= 0.6 is 11.6 Å². The molecule has 2 aromatic carbocycles. The van der Waals surface area contributed by atoms with Crippen LogP contribution in [0.1, 0.15) is 114 Å². The first-order chi connectivity index (χ1) is 28.5. The number of halogens is 1. The van der Waals surface area contributed by atoms with E-state index >= 15 is 0 Å². The number of fused-ring (bicyclic) bond motifs is 1. The van der Waals surface area contributed by atoms with Gasteiger partial charge in [-0.2, -0.15) is 5.10 Å². The van der Waals surface area contributed by atoms with Gasteiger partial charge >= 0.3 is 0 Å². The fourth-order valence-electron chi connectivity index (χ4n) is 10.2. The van der Waals surface area contributed by atoms with Crippen LogP contribution in [-0.2, 0) is 9.59 Å². The first-order valence-corrected chi connectivity index (χ1v) is 21.4. The number of nitrogens with zero attached hydrogens (tertiary/aromatic N) is 6. The zero-order valence-electron chi connectivity index (χ0n) is 33.0. The van der Waals surface area contributed by atoms with Gasteiger partial charge in [-0.05, 0) is 120 Å². The molecule has 0 radical (unpaired) electrons. The molecule has 2 saturated carbocycles. The standard InChI is InChI=1S/C44H49ClN8O6/c1-46-37-13-11-33(21-36(37)45)59-32-9-4-29(5-10-32)48-40(55)28-22-47-52(24-28)30-6-2-27(3-7-30)23-50-18-16-44(17-19-50)25-51(26-44)31-8-12-34-35(20-31)43(58)53(42(34)57)38-14-15-39(54)49-41(38)56/h8,11-13,20-22,24,27,29-30,32,38H,2-7,9-10,14-19,23,25-26H2,(H,48,55)(H,49,54,56). The van der Waals surface area contributed by atoms with Crippen LogP contribution in [0.3, 0.4) is 0 Å². The van der Waals surface area contributed by atoms with Crippen LogP contribution < -0.4 is 20.3 Å². The van der Waals surface area contributed by atoms with Crippen molar-refractivity contribution in [2.45, 2.75) is 101 Å². The van der Waals surface area contributed by atoms with Crippen molar-refractivity contribution in [1.29, 1.82) is 0 Å². The van der Waals surface area contributed by atoms with Gasteiger partial charge in [0, 0.05) is 49.4 Å². The lowest BCUT2D eigenvalue weighted by Crippen LogP contribution is -2.60. The van der Waals surface area contributed by atoms with Crippen LogP contribution in [0.25, 0.3) is 4.85 Å². The molecule has 14 nitrogen and oxygen atoms in total. The summed E-state index contributed by atoms with van der Waals surface area (Å²) in [6, 6.07) is 9.98. The number of nitrogens with one attached hydrogen (secondary N) is 2. The minimum absolute atomic E-state index is 0.0496. The second-order valence-corrected chi connectivity index (χ2v) is 17.9. The summed E-state index contributed by atoms with van der Waals surface area (Å²) in [6.07, 6.45) is 13.9. The summed E-state index contributed by atoms with van der Waals surface area (Å²) in [5.41, 5.74) is 2.83. The van der Waals surface area contributed by atoms with E-state index in [1.165, 1.54) is 0 Å². The first kappa shape index (κ1) is 39.2. The fourth-order valence-corrected chi connectivity index (χ4v) is 10.4. The number of carbonyl (C=O) groups excluding carboxylic acids is 5. The summed E-state index contributed by atoms with van der Waals surface area (Å²) in [5.74, 6) is -0.693. The number of anilines is 1. The van der Waals surface area contributed by atoms with Crippen LogP contribution in [0.4, 0.5) is 11.4 Å². The van der Waals surface area contributed by atoms with Gasteiger partial charge in [-0.1, -0.05) is 17.7 Å². The predicted molar refractivity (Wildman–Crippen MR) is 219 cm³/mol. The number of rotatable bonds is 9. The smallest absolute Gasteiger partial charge is 0.262 e. The highest BCUT2D eigenvalue weighted by atomic mass is 35.5. The fraction of sp³-hybridized carbons (Fsp3) is 0.523. The molecular weight excluding hydrogens is 772 g/mol. The summed E-state index contributed by atoms with van der Waals surface area (Å²) in [6.45, 7) is 12.3. The number of benzene rings is 2. The zero-order chi connectivity index (χ0) is 40.8. The normalized spacial score (nSPS) is 26.9. The maximum atomic E-state index is 13.3. The van der Waals surface area contributed by atoms with Crippen LogP contribution in [0.15, 0.2) is 48.8 Å². The molecule has 1 atom stereocenters. The largest absolute Gasteiger partial charge is 0.490 e. The minimum atomic E-state index is -0.962. The zero-order valence-corrected chi connectivity index (χ0v) is 33.8. The molecule has 4 aliphatic heterocycles. The van der Waals surface area contributed by atoms with Gasteiger partial charge in [0.2, 0.25) is 17.5 Å². The van der Waals surface area contributed by atoms with Crippen LogP contribution in [0.5, 0.6) is 5.75 Å². The average molecular weight is 821 g/mol. The molecule has 9 rings (SSSR count). The quantitative estimate of drug-likeness (QED) is 0.198. The van der Waals surface area contributed by atoms with Gasteiger partial charge in [0.1, 0.15) is 11.8 Å². The lowest BCUT2D eigenvalue weighted by atomic mass is 9.71. The molecule has 1 spiro atoms. The Morgan fingerprint density at radius 1 is 0.932 bits per heavy atom. The number of hydrogen-bond donors (Lipinski definition) is 2. The Morgan fingerprint density at radius 3 is 2.39 bits per heavy atom. The molecule has 15 heteroatoms. The van der Waals surface area contributed by atoms with Crippen molar-refractivity contribution in [3.8, 4) is 5.75 Å². The third kappa shape index (κ3) is 7.94. The molecule has 6 aliphatic rings. The molecule has 1 unspecified atom stereocenters. The number of piperidine rings is 2. The van der Waals surface area contributed by atoms with Gasteiger partial charge in [-0.3, -0.25) is 38.9 Å². The van der Waals surface area contributed by atoms with Gasteiger partial charge in [0.25, 0.3) is 17.7 Å². The van der Waals surface area contributed by atoms with Crippen molar-refractivity contribution in [2.75, 3.05) is 37.6 Å². The molecule has 2 aliphatic carbocycles. The number of hydrogen-bond acceptors (Lipinski definition) is 9. The van der Waals surface area contributed by atoms with Gasteiger partial charge in [-0.25, -0.2) is 4.85 Å². The Morgan fingerprint density at radius 2 is 1.68 bits per heavy atom. The highest BCUT2D eigenvalue weighted by molar-refractivity contribution is 6.33. The van der Waals surface area contributed by atoms with Gasteiger partial charge < -0.3 is 19.9 Å². The topological polar surface area (TPSA) is 151 Å². The van der Waals surface area contributed by atoms with E-state index < -0.39 is 23.8 Å². The molecule has 5 fully saturated rings. The van der Waals surface area contributed by atoms with Crippen molar-refractivity contribution in [1.82, 2.24) is 30.2 Å². The number of amides is 5. The number of imide groups is 2. The Bertz CT molecular complexity index is 2200. The molecule has 1 aromatic heterocycles. The maximum absolute atomic E-state index is 13.3. The lowest BCUT2D eigenvalue weighted by Gasteiger charge is -2.55. The Hall–Kier alpha value is -5.26. The van der Waals surface area contributed by atoms with E-state index in [1.54, 1.807) is 36.5 Å². The number of carbonyl (C=O) groups is 5. The van der Waals surface area contributed by atoms with E-state index in [-0.39, 0.29) is 42.2 Å². The molecule has 2 N–H and O–H groups in total. The highest BCUT2D eigenvalue weighted by Crippen LogP contribution is 2.44. The third-order valence-electron chi connectivity index (χ3n) is 13.7. The van der Waals surface area contributed by atoms with Crippen LogP contribution in [-0.4, -0.2) is 100 Å². The second-order valence-electron chi connectivity index (χ2n) is 17.5. The summed E-state index contributed by atoms with van der Waals surface area (Å²) in [7, 11) is 0. The second kappa shape index (κ2) is 16.1. The molecule has 59 heavy (non-hydrogen) atoms. The van der Waals surface area contributed by atoms with Crippen molar-refractivity contribution < 1.29 is 28.7 Å². The van der Waals surface area contributed by atoms with Crippen molar-refractivity contribution in [3.63, 3.8) is 0 Å². The lowest BCUT2D eigenvalue weighted by molar-refractivity contribution is -0.136. The van der Waals surface area contributed by atoms with E-state index in [4.69, 9.17) is 22.9 Å². The molecule has 308 valence electrons. The Kier molecular flexibility index (Phi) is 10.7. The van der Waals surface area contributed by atoms with Gasteiger partial charge in [0.15, 0.2) is 0 Å². The molecule has 5 amide bonds. The minimum Gasteiger partial charge on any atom is -0.490 e. The Balaban J connectivity index is 0.687. The first-order valence-electron chi connectivity index (χ1n) is 21.1. The summed E-state index contributed by atoms with van der Waals surface area (Å²) in [4.78, 5) is 73.0. The summed E-state index contributed by atoms with van der Waals surface area (Å²) < 4.78 is 8.11. The monoisotopic (exact) mass is 820 g/mol. The molecule has 5 heterocycles. The van der Waals surface area contributed by atoms with E-state index in [1.807, 2.05) is 16.9 Å². The van der Waals surface area contributed by atoms with Crippen molar-refractivity contribution in [3.05, 3.63) is 81.9 Å².